The van der Waals surface area contributed by atoms with Crippen LogP contribution >= 0.6 is 0 Å². The summed E-state index contributed by atoms with van der Waals surface area (Å²) in [6.07, 6.45) is 3.17. The van der Waals surface area contributed by atoms with Crippen LogP contribution in [0.25, 0.3) is 0 Å². The van der Waals surface area contributed by atoms with E-state index in [2.05, 4.69) is 15.6 Å². The Morgan fingerprint density at radius 3 is 2.79 bits per heavy atom. The first-order valence-electron chi connectivity index (χ1n) is 10.1. The van der Waals surface area contributed by atoms with Gasteiger partial charge in [0.15, 0.2) is 5.96 Å². The molecule has 1 aliphatic rings. The topological polar surface area (TPSA) is 73.3 Å². The molecule has 1 unspecified atom stereocenters. The number of hydrogen-bond donors (Lipinski definition) is 2. The monoisotopic (exact) mass is 393 g/mol. The van der Waals surface area contributed by atoms with Gasteiger partial charge in [-0.1, -0.05) is 6.07 Å². The fraction of sp³-hybridized carbons (Fsp3) is 0.667. The number of hydrogen-bond acceptors (Lipinski definition) is 5. The van der Waals surface area contributed by atoms with Gasteiger partial charge < -0.3 is 29.6 Å². The van der Waals surface area contributed by atoms with Crippen LogP contribution in [0.1, 0.15) is 26.2 Å². The number of aliphatic imine (C=N–C) groups is 1. The smallest absolute Gasteiger partial charge is 0.191 e. The predicted molar refractivity (Wildman–Crippen MR) is 111 cm³/mol. The van der Waals surface area contributed by atoms with Crippen LogP contribution in [0.5, 0.6) is 11.5 Å². The van der Waals surface area contributed by atoms with E-state index in [1.54, 1.807) is 14.2 Å². The zero-order valence-corrected chi connectivity index (χ0v) is 17.4. The molecule has 1 saturated heterocycles. The van der Waals surface area contributed by atoms with Crippen molar-refractivity contribution in [1.82, 2.24) is 10.6 Å². The highest BCUT2D eigenvalue weighted by molar-refractivity contribution is 5.79. The number of ether oxygens (including phenoxy) is 4. The Balaban J connectivity index is 1.55. The van der Waals surface area contributed by atoms with E-state index < -0.39 is 0 Å². The van der Waals surface area contributed by atoms with E-state index in [9.17, 15) is 0 Å². The number of nitrogens with one attached hydrogen (secondary N) is 2. The van der Waals surface area contributed by atoms with Crippen LogP contribution in [-0.4, -0.2) is 65.7 Å². The summed E-state index contributed by atoms with van der Waals surface area (Å²) in [5.74, 6) is 3.00. The molecule has 1 aliphatic heterocycles. The molecule has 158 valence electrons. The molecule has 7 nitrogen and oxygen atoms in total. The van der Waals surface area contributed by atoms with Gasteiger partial charge in [0.1, 0.15) is 17.6 Å². The lowest BCUT2D eigenvalue weighted by Gasteiger charge is -2.21. The van der Waals surface area contributed by atoms with Crippen molar-refractivity contribution in [3.05, 3.63) is 24.3 Å². The number of guanidine groups is 1. The zero-order chi connectivity index (χ0) is 20.0. The fourth-order valence-corrected chi connectivity index (χ4v) is 2.95. The van der Waals surface area contributed by atoms with E-state index in [-0.39, 0.29) is 6.10 Å². The Morgan fingerprint density at radius 1 is 1.25 bits per heavy atom. The highest BCUT2D eigenvalue weighted by atomic mass is 16.5. The zero-order valence-electron chi connectivity index (χ0n) is 17.4. The number of benzene rings is 1. The second-order valence-electron chi connectivity index (χ2n) is 6.97. The summed E-state index contributed by atoms with van der Waals surface area (Å²) in [6.45, 7) is 6.83. The first-order valence-corrected chi connectivity index (χ1v) is 10.1. The van der Waals surface area contributed by atoms with E-state index in [0.29, 0.717) is 12.5 Å². The molecule has 28 heavy (non-hydrogen) atoms. The molecular weight excluding hydrogens is 358 g/mol. The van der Waals surface area contributed by atoms with Gasteiger partial charge in [-0.2, -0.15) is 0 Å². The standard InChI is InChI=1S/C21H35N3O4/c1-17(28-20-7-4-6-19(14-20)25-3)15-24-21(22-2)23-10-5-11-27-16-18-8-12-26-13-9-18/h4,6-7,14,17-18H,5,8-13,15-16H2,1-3H3,(H2,22,23,24). The van der Waals surface area contributed by atoms with Gasteiger partial charge in [0.05, 0.1) is 13.7 Å². The molecule has 1 aromatic rings. The third kappa shape index (κ3) is 8.80. The summed E-state index contributed by atoms with van der Waals surface area (Å²) in [7, 11) is 3.42. The van der Waals surface area contributed by atoms with Crippen molar-refractivity contribution in [3.63, 3.8) is 0 Å². The van der Waals surface area contributed by atoms with E-state index in [4.69, 9.17) is 18.9 Å². The molecule has 0 aromatic heterocycles. The number of rotatable bonds is 11. The lowest BCUT2D eigenvalue weighted by Crippen LogP contribution is -2.42. The fourth-order valence-electron chi connectivity index (χ4n) is 2.95. The van der Waals surface area contributed by atoms with Gasteiger partial charge in [0, 0.05) is 46.1 Å². The minimum atomic E-state index is -0.00605. The Hall–Kier alpha value is -1.99. The second kappa shape index (κ2) is 13.2. The van der Waals surface area contributed by atoms with Crippen LogP contribution in [0.3, 0.4) is 0 Å². The molecule has 0 saturated carbocycles. The Morgan fingerprint density at radius 2 is 2.04 bits per heavy atom. The SMILES string of the molecule is CN=C(NCCCOCC1CCOCC1)NCC(C)Oc1cccc(OC)c1. The highest BCUT2D eigenvalue weighted by Crippen LogP contribution is 2.19. The van der Waals surface area contributed by atoms with Crippen LogP contribution in [0.15, 0.2) is 29.3 Å². The van der Waals surface area contributed by atoms with Crippen molar-refractivity contribution in [2.24, 2.45) is 10.9 Å². The van der Waals surface area contributed by atoms with Crippen molar-refractivity contribution in [2.75, 3.05) is 53.7 Å². The molecule has 1 heterocycles. The van der Waals surface area contributed by atoms with Crippen LogP contribution in [0.2, 0.25) is 0 Å². The Labute approximate surface area is 168 Å². The third-order valence-corrected chi connectivity index (χ3v) is 4.61. The molecule has 1 atom stereocenters. The average Bonchev–Trinajstić information content (AvgIpc) is 2.73. The molecule has 7 heteroatoms. The number of methoxy groups -OCH3 is 1. The van der Waals surface area contributed by atoms with Crippen molar-refractivity contribution >= 4 is 5.96 Å². The summed E-state index contributed by atoms with van der Waals surface area (Å²) in [5, 5.41) is 6.60. The van der Waals surface area contributed by atoms with Gasteiger partial charge in [-0.3, -0.25) is 4.99 Å². The first-order chi connectivity index (χ1) is 13.7. The molecule has 2 N–H and O–H groups in total. The summed E-state index contributed by atoms with van der Waals surface area (Å²) < 4.78 is 22.3. The van der Waals surface area contributed by atoms with Crippen LogP contribution < -0.4 is 20.1 Å². The lowest BCUT2D eigenvalue weighted by atomic mass is 10.0. The van der Waals surface area contributed by atoms with Crippen molar-refractivity contribution in [3.8, 4) is 11.5 Å². The normalized spacial score (nSPS) is 16.5. The molecular formula is C21H35N3O4. The summed E-state index contributed by atoms with van der Waals surface area (Å²) in [6, 6.07) is 7.62. The average molecular weight is 394 g/mol. The third-order valence-electron chi connectivity index (χ3n) is 4.61. The molecule has 0 aliphatic carbocycles. The number of nitrogens with zero attached hydrogens (tertiary/aromatic N) is 1. The van der Waals surface area contributed by atoms with Gasteiger partial charge in [-0.05, 0) is 44.2 Å². The molecule has 0 amide bonds. The quantitative estimate of drug-likeness (QED) is 0.342. The Kier molecular flexibility index (Phi) is 10.5. The largest absolute Gasteiger partial charge is 0.497 e. The van der Waals surface area contributed by atoms with E-state index in [0.717, 1.165) is 69.7 Å². The highest BCUT2D eigenvalue weighted by Gasteiger charge is 2.13. The maximum atomic E-state index is 5.91. The molecule has 0 spiro atoms. The van der Waals surface area contributed by atoms with Crippen molar-refractivity contribution in [2.45, 2.75) is 32.3 Å². The Bertz CT molecular complexity index is 577. The van der Waals surface area contributed by atoms with Crippen molar-refractivity contribution < 1.29 is 18.9 Å². The first kappa shape index (κ1) is 22.3. The minimum Gasteiger partial charge on any atom is -0.497 e. The van der Waals surface area contributed by atoms with Gasteiger partial charge in [-0.15, -0.1) is 0 Å². The lowest BCUT2D eigenvalue weighted by molar-refractivity contribution is 0.0203. The minimum absolute atomic E-state index is 0.00605. The van der Waals surface area contributed by atoms with Crippen LogP contribution in [0.4, 0.5) is 0 Å². The van der Waals surface area contributed by atoms with E-state index in [1.807, 2.05) is 31.2 Å². The van der Waals surface area contributed by atoms with Crippen molar-refractivity contribution in [1.29, 1.82) is 0 Å². The van der Waals surface area contributed by atoms with E-state index in [1.165, 1.54) is 0 Å². The summed E-state index contributed by atoms with van der Waals surface area (Å²) >= 11 is 0. The van der Waals surface area contributed by atoms with Gasteiger partial charge in [-0.25, -0.2) is 0 Å². The van der Waals surface area contributed by atoms with Crippen LogP contribution in [-0.2, 0) is 9.47 Å². The van der Waals surface area contributed by atoms with Gasteiger partial charge in [0.2, 0.25) is 0 Å². The molecule has 1 fully saturated rings. The molecule has 0 radical (unpaired) electrons. The predicted octanol–water partition coefficient (Wildman–Crippen LogP) is 2.46. The van der Waals surface area contributed by atoms with E-state index >= 15 is 0 Å². The van der Waals surface area contributed by atoms with Gasteiger partial charge >= 0.3 is 0 Å². The maximum Gasteiger partial charge on any atom is 0.191 e. The summed E-state index contributed by atoms with van der Waals surface area (Å²) in [4.78, 5) is 4.25. The van der Waals surface area contributed by atoms with Gasteiger partial charge in [0.25, 0.3) is 0 Å². The maximum absolute atomic E-state index is 5.91. The molecule has 2 rings (SSSR count). The van der Waals surface area contributed by atoms with Crippen LogP contribution in [0, 0.1) is 5.92 Å². The summed E-state index contributed by atoms with van der Waals surface area (Å²) in [5.41, 5.74) is 0. The molecule has 1 aromatic carbocycles. The molecule has 0 bridgehead atoms. The second-order valence-corrected chi connectivity index (χ2v) is 6.97.